The van der Waals surface area contributed by atoms with Crippen molar-refractivity contribution in [2.24, 2.45) is 16.7 Å². The summed E-state index contributed by atoms with van der Waals surface area (Å²) in [6.45, 7) is 7.23. The lowest BCUT2D eigenvalue weighted by atomic mass is 9.68. The molecule has 1 aromatic heterocycles. The van der Waals surface area contributed by atoms with Crippen molar-refractivity contribution in [3.8, 4) is 0 Å². The highest BCUT2D eigenvalue weighted by Gasteiger charge is 2.59. The number of fused-ring (bicyclic) bond motifs is 2. The number of pyridine rings is 1. The Kier molecular flexibility index (Phi) is 2.38. The Morgan fingerprint density at radius 2 is 2.17 bits per heavy atom. The molecule has 2 saturated carbocycles. The van der Waals surface area contributed by atoms with Gasteiger partial charge in [0.1, 0.15) is 0 Å². The van der Waals surface area contributed by atoms with Crippen LogP contribution in [0.15, 0.2) is 18.5 Å². The minimum Gasteiger partial charge on any atom is -0.396 e. The van der Waals surface area contributed by atoms with E-state index in [9.17, 15) is 0 Å². The van der Waals surface area contributed by atoms with Crippen molar-refractivity contribution in [2.75, 3.05) is 11.1 Å². The summed E-state index contributed by atoms with van der Waals surface area (Å²) in [5.41, 5.74) is 8.56. The van der Waals surface area contributed by atoms with Crippen LogP contribution in [0.4, 0.5) is 11.4 Å². The van der Waals surface area contributed by atoms with Crippen LogP contribution in [0.25, 0.3) is 0 Å². The third kappa shape index (κ3) is 1.53. The van der Waals surface area contributed by atoms with E-state index in [-0.39, 0.29) is 0 Å². The molecule has 0 spiro atoms. The summed E-state index contributed by atoms with van der Waals surface area (Å²) >= 11 is 0. The third-order valence-corrected chi connectivity index (χ3v) is 5.42. The number of rotatable bonds is 2. The van der Waals surface area contributed by atoms with Gasteiger partial charge in [0.2, 0.25) is 0 Å². The molecule has 3 nitrogen and oxygen atoms in total. The first-order valence-corrected chi connectivity index (χ1v) is 6.89. The number of nitrogen functional groups attached to an aromatic ring is 1. The molecule has 1 aromatic rings. The van der Waals surface area contributed by atoms with Gasteiger partial charge in [-0.05, 0) is 42.1 Å². The van der Waals surface area contributed by atoms with Gasteiger partial charge in [0, 0.05) is 12.2 Å². The number of anilines is 2. The lowest BCUT2D eigenvalue weighted by Crippen LogP contribution is -2.45. The van der Waals surface area contributed by atoms with Crippen molar-refractivity contribution in [1.29, 1.82) is 0 Å². The Balaban J connectivity index is 1.91. The van der Waals surface area contributed by atoms with E-state index in [2.05, 4.69) is 31.1 Å². The highest BCUT2D eigenvalue weighted by atomic mass is 15.0. The van der Waals surface area contributed by atoms with E-state index in [4.69, 9.17) is 5.73 Å². The molecule has 2 bridgehead atoms. The molecule has 3 unspecified atom stereocenters. The maximum atomic E-state index is 6.00. The lowest BCUT2D eigenvalue weighted by molar-refractivity contribution is 0.155. The Morgan fingerprint density at radius 1 is 1.39 bits per heavy atom. The van der Waals surface area contributed by atoms with Crippen LogP contribution in [0, 0.1) is 16.7 Å². The molecule has 3 N–H and O–H groups in total. The number of nitrogens with two attached hydrogens (primary N) is 1. The summed E-state index contributed by atoms with van der Waals surface area (Å²) in [4.78, 5) is 4.06. The van der Waals surface area contributed by atoms with E-state index in [0.717, 1.165) is 17.3 Å². The number of nitrogens with one attached hydrogen (secondary N) is 1. The molecule has 98 valence electrons. The number of aromatic nitrogens is 1. The summed E-state index contributed by atoms with van der Waals surface area (Å²) in [6, 6.07) is 2.49. The smallest absolute Gasteiger partial charge is 0.0736 e. The fourth-order valence-corrected chi connectivity index (χ4v) is 4.36. The molecule has 18 heavy (non-hydrogen) atoms. The molecule has 3 rings (SSSR count). The van der Waals surface area contributed by atoms with Gasteiger partial charge in [-0.3, -0.25) is 4.98 Å². The van der Waals surface area contributed by atoms with E-state index in [1.807, 2.05) is 6.07 Å². The first-order valence-electron chi connectivity index (χ1n) is 6.89. The van der Waals surface area contributed by atoms with Crippen LogP contribution in [0.3, 0.4) is 0 Å². The molecule has 0 aromatic carbocycles. The zero-order chi connectivity index (χ0) is 13.0. The maximum absolute atomic E-state index is 6.00. The normalized spacial score (nSPS) is 36.8. The zero-order valence-electron chi connectivity index (χ0n) is 11.5. The Morgan fingerprint density at radius 3 is 2.78 bits per heavy atom. The highest BCUT2D eigenvalue weighted by Crippen LogP contribution is 2.63. The SMILES string of the molecule is CC12CCC(C1)C(C)(C)C2Nc1ccncc1N. The van der Waals surface area contributed by atoms with Gasteiger partial charge in [0.25, 0.3) is 0 Å². The van der Waals surface area contributed by atoms with Gasteiger partial charge in [-0.25, -0.2) is 0 Å². The van der Waals surface area contributed by atoms with E-state index in [0.29, 0.717) is 16.9 Å². The van der Waals surface area contributed by atoms with E-state index >= 15 is 0 Å². The molecule has 3 heteroatoms. The highest BCUT2D eigenvalue weighted by molar-refractivity contribution is 5.65. The molecular formula is C15H23N3. The summed E-state index contributed by atoms with van der Waals surface area (Å²) in [7, 11) is 0. The van der Waals surface area contributed by atoms with E-state index in [1.165, 1.54) is 19.3 Å². The Labute approximate surface area is 109 Å². The van der Waals surface area contributed by atoms with Crippen LogP contribution >= 0.6 is 0 Å². The van der Waals surface area contributed by atoms with Gasteiger partial charge < -0.3 is 11.1 Å². The predicted molar refractivity (Wildman–Crippen MR) is 75.3 cm³/mol. The van der Waals surface area contributed by atoms with Crippen LogP contribution in [-0.2, 0) is 0 Å². The van der Waals surface area contributed by atoms with Gasteiger partial charge in [-0.2, -0.15) is 0 Å². The standard InChI is InChI=1S/C15H23N3/c1-14(2)10-4-6-15(3,8-10)13(14)18-12-5-7-17-9-11(12)16/h5,7,9-10,13H,4,6,8,16H2,1-3H3,(H,17,18). The van der Waals surface area contributed by atoms with E-state index < -0.39 is 0 Å². The minimum atomic E-state index is 0.350. The summed E-state index contributed by atoms with van der Waals surface area (Å²) in [6.07, 6.45) is 7.60. The second kappa shape index (κ2) is 3.62. The predicted octanol–water partition coefficient (Wildman–Crippen LogP) is 3.29. The minimum absolute atomic E-state index is 0.350. The molecule has 0 aliphatic heterocycles. The average Bonchev–Trinajstić information content (AvgIpc) is 2.78. The lowest BCUT2D eigenvalue weighted by Gasteiger charge is -2.43. The topological polar surface area (TPSA) is 50.9 Å². The zero-order valence-corrected chi connectivity index (χ0v) is 11.5. The summed E-state index contributed by atoms with van der Waals surface area (Å²) < 4.78 is 0. The van der Waals surface area contributed by atoms with Crippen molar-refractivity contribution in [1.82, 2.24) is 4.98 Å². The van der Waals surface area contributed by atoms with Crippen LogP contribution in [0.5, 0.6) is 0 Å². The first kappa shape index (κ1) is 11.8. The second-order valence-corrected chi connectivity index (χ2v) is 6.96. The average molecular weight is 245 g/mol. The van der Waals surface area contributed by atoms with Gasteiger partial charge >= 0.3 is 0 Å². The number of hydrogen-bond acceptors (Lipinski definition) is 3. The van der Waals surface area contributed by atoms with Gasteiger partial charge in [-0.15, -0.1) is 0 Å². The van der Waals surface area contributed by atoms with Crippen molar-refractivity contribution < 1.29 is 0 Å². The number of hydrogen-bond donors (Lipinski definition) is 2. The maximum Gasteiger partial charge on any atom is 0.0736 e. The molecule has 2 aliphatic rings. The molecule has 0 radical (unpaired) electrons. The fraction of sp³-hybridized carbons (Fsp3) is 0.667. The molecule has 1 heterocycles. The van der Waals surface area contributed by atoms with Crippen LogP contribution in [0.2, 0.25) is 0 Å². The summed E-state index contributed by atoms with van der Waals surface area (Å²) in [5, 5.41) is 3.71. The van der Waals surface area contributed by atoms with E-state index in [1.54, 1.807) is 12.4 Å². The van der Waals surface area contributed by atoms with Crippen molar-refractivity contribution in [3.63, 3.8) is 0 Å². The van der Waals surface area contributed by atoms with Gasteiger partial charge in [-0.1, -0.05) is 20.8 Å². The second-order valence-electron chi connectivity index (χ2n) is 6.96. The molecule has 0 saturated heterocycles. The monoisotopic (exact) mass is 245 g/mol. The van der Waals surface area contributed by atoms with Crippen LogP contribution < -0.4 is 11.1 Å². The fourth-order valence-electron chi connectivity index (χ4n) is 4.36. The molecule has 2 fully saturated rings. The number of nitrogens with zero attached hydrogens (tertiary/aromatic N) is 1. The molecular weight excluding hydrogens is 222 g/mol. The molecule has 2 aliphatic carbocycles. The largest absolute Gasteiger partial charge is 0.396 e. The van der Waals surface area contributed by atoms with Crippen molar-refractivity contribution in [2.45, 2.75) is 46.1 Å². The third-order valence-electron chi connectivity index (χ3n) is 5.42. The van der Waals surface area contributed by atoms with Crippen molar-refractivity contribution >= 4 is 11.4 Å². The van der Waals surface area contributed by atoms with Gasteiger partial charge in [0.15, 0.2) is 0 Å². The first-order chi connectivity index (χ1) is 8.43. The Hall–Kier alpha value is -1.25. The van der Waals surface area contributed by atoms with Crippen LogP contribution in [-0.4, -0.2) is 11.0 Å². The van der Waals surface area contributed by atoms with Crippen molar-refractivity contribution in [3.05, 3.63) is 18.5 Å². The summed E-state index contributed by atoms with van der Waals surface area (Å²) in [5.74, 6) is 0.850. The van der Waals surface area contributed by atoms with Crippen LogP contribution in [0.1, 0.15) is 40.0 Å². The quantitative estimate of drug-likeness (QED) is 0.840. The molecule has 0 amide bonds. The van der Waals surface area contributed by atoms with Gasteiger partial charge in [0.05, 0.1) is 17.6 Å². The molecule has 3 atom stereocenters. The Bertz CT molecular complexity index is 464.